The van der Waals surface area contributed by atoms with Crippen LogP contribution in [-0.2, 0) is 7.05 Å². The molecular weight excluding hydrogens is 306 g/mol. The summed E-state index contributed by atoms with van der Waals surface area (Å²) in [6.07, 6.45) is 4.33. The molecule has 0 saturated heterocycles. The van der Waals surface area contributed by atoms with Gasteiger partial charge in [-0.1, -0.05) is 19.9 Å². The molecule has 4 aromatic rings. The van der Waals surface area contributed by atoms with Gasteiger partial charge in [-0.25, -0.2) is 9.55 Å². The highest BCUT2D eigenvalue weighted by Gasteiger charge is 2.19. The molecule has 0 N–H and O–H groups in total. The van der Waals surface area contributed by atoms with Crippen molar-refractivity contribution >= 4 is 16.7 Å². The fraction of sp³-hybridized carbons (Fsp3) is 0.273. The molecule has 3 heteroatoms. The fourth-order valence-corrected chi connectivity index (χ4v) is 3.88. The number of nitrogens with zero attached hydrogens (tertiary/aromatic N) is 3. The van der Waals surface area contributed by atoms with Crippen LogP contribution in [0.4, 0.5) is 0 Å². The maximum absolute atomic E-state index is 4.75. The lowest BCUT2D eigenvalue weighted by Crippen LogP contribution is -2.32. The van der Waals surface area contributed by atoms with Gasteiger partial charge in [0.15, 0.2) is 6.20 Å². The first-order chi connectivity index (χ1) is 12.0. The molecule has 3 heterocycles. The zero-order valence-corrected chi connectivity index (χ0v) is 15.5. The van der Waals surface area contributed by atoms with Gasteiger partial charge in [-0.15, -0.1) is 0 Å². The van der Waals surface area contributed by atoms with E-state index in [9.17, 15) is 0 Å². The molecule has 0 radical (unpaired) electrons. The van der Waals surface area contributed by atoms with Crippen molar-refractivity contribution in [1.82, 2.24) is 9.38 Å². The number of aryl methyl sites for hydroxylation is 3. The van der Waals surface area contributed by atoms with E-state index in [1.807, 2.05) is 6.07 Å². The van der Waals surface area contributed by atoms with E-state index in [-0.39, 0.29) is 0 Å². The van der Waals surface area contributed by atoms with Crippen molar-refractivity contribution in [3.63, 3.8) is 0 Å². The molecule has 126 valence electrons. The van der Waals surface area contributed by atoms with Crippen LogP contribution >= 0.6 is 0 Å². The van der Waals surface area contributed by atoms with Gasteiger partial charge >= 0.3 is 0 Å². The van der Waals surface area contributed by atoms with Crippen LogP contribution in [0.3, 0.4) is 0 Å². The predicted octanol–water partition coefficient (Wildman–Crippen LogP) is 4.72. The van der Waals surface area contributed by atoms with Crippen molar-refractivity contribution < 1.29 is 4.57 Å². The molecular formula is C22H24N3+. The lowest BCUT2D eigenvalue weighted by molar-refractivity contribution is -0.660. The highest BCUT2D eigenvalue weighted by Crippen LogP contribution is 2.30. The monoisotopic (exact) mass is 330 g/mol. The average Bonchev–Trinajstić information content (AvgIpc) is 2.95. The van der Waals surface area contributed by atoms with Crippen LogP contribution in [0.1, 0.15) is 36.5 Å². The SMILES string of the molecule is Cc1c[n+](C)c(-c2ccc3nc4ccccn4c3c2C)cc1C(C)C. The molecule has 0 bridgehead atoms. The van der Waals surface area contributed by atoms with Crippen LogP contribution in [0.15, 0.2) is 48.8 Å². The van der Waals surface area contributed by atoms with Crippen molar-refractivity contribution in [2.45, 2.75) is 33.6 Å². The summed E-state index contributed by atoms with van der Waals surface area (Å²) in [4.78, 5) is 4.75. The molecule has 0 unspecified atom stereocenters. The van der Waals surface area contributed by atoms with Crippen LogP contribution < -0.4 is 4.57 Å². The van der Waals surface area contributed by atoms with Crippen molar-refractivity contribution in [3.05, 3.63) is 65.5 Å². The van der Waals surface area contributed by atoms with E-state index in [2.05, 4.69) is 86.4 Å². The van der Waals surface area contributed by atoms with Crippen LogP contribution in [0, 0.1) is 13.8 Å². The number of fused-ring (bicyclic) bond motifs is 3. The van der Waals surface area contributed by atoms with Crippen molar-refractivity contribution in [2.75, 3.05) is 0 Å². The molecule has 0 fully saturated rings. The van der Waals surface area contributed by atoms with Gasteiger partial charge in [0.1, 0.15) is 12.7 Å². The van der Waals surface area contributed by atoms with Crippen LogP contribution in [-0.4, -0.2) is 9.38 Å². The average molecular weight is 330 g/mol. The molecule has 25 heavy (non-hydrogen) atoms. The zero-order chi connectivity index (χ0) is 17.7. The Morgan fingerprint density at radius 3 is 2.64 bits per heavy atom. The molecule has 0 aliphatic heterocycles. The van der Waals surface area contributed by atoms with E-state index in [0.29, 0.717) is 5.92 Å². The maximum atomic E-state index is 4.75. The summed E-state index contributed by atoms with van der Waals surface area (Å²) in [5, 5.41) is 0. The second-order valence-corrected chi connectivity index (χ2v) is 7.21. The third-order valence-electron chi connectivity index (χ3n) is 5.14. The van der Waals surface area contributed by atoms with Gasteiger partial charge in [0, 0.05) is 17.8 Å². The Labute approximate surface area is 148 Å². The minimum Gasteiger partial charge on any atom is -0.299 e. The summed E-state index contributed by atoms with van der Waals surface area (Å²) in [7, 11) is 2.13. The molecule has 0 aliphatic carbocycles. The van der Waals surface area contributed by atoms with E-state index in [1.165, 1.54) is 33.5 Å². The first-order valence-electron chi connectivity index (χ1n) is 8.84. The van der Waals surface area contributed by atoms with Crippen molar-refractivity contribution in [3.8, 4) is 11.3 Å². The first kappa shape index (κ1) is 15.8. The van der Waals surface area contributed by atoms with Gasteiger partial charge in [0.25, 0.3) is 0 Å². The van der Waals surface area contributed by atoms with E-state index >= 15 is 0 Å². The second kappa shape index (κ2) is 5.69. The number of imidazole rings is 1. The predicted molar refractivity (Wildman–Crippen MR) is 103 cm³/mol. The van der Waals surface area contributed by atoms with E-state index in [0.717, 1.165) is 11.2 Å². The Balaban J connectivity index is 2.03. The zero-order valence-electron chi connectivity index (χ0n) is 15.5. The van der Waals surface area contributed by atoms with Gasteiger partial charge < -0.3 is 0 Å². The van der Waals surface area contributed by atoms with Crippen LogP contribution in [0.2, 0.25) is 0 Å². The Bertz CT molecular complexity index is 1100. The normalized spacial score (nSPS) is 11.8. The van der Waals surface area contributed by atoms with Crippen molar-refractivity contribution in [2.24, 2.45) is 7.05 Å². The summed E-state index contributed by atoms with van der Waals surface area (Å²) in [6, 6.07) is 12.8. The molecule has 0 spiro atoms. The highest BCUT2D eigenvalue weighted by atomic mass is 15.0. The number of benzene rings is 1. The molecule has 4 rings (SSSR count). The number of pyridine rings is 2. The van der Waals surface area contributed by atoms with Gasteiger partial charge in [-0.05, 0) is 55.2 Å². The van der Waals surface area contributed by atoms with Gasteiger partial charge in [-0.3, -0.25) is 4.40 Å². The van der Waals surface area contributed by atoms with Crippen LogP contribution in [0.5, 0.6) is 0 Å². The molecule has 0 atom stereocenters. The number of aromatic nitrogens is 3. The van der Waals surface area contributed by atoms with Crippen LogP contribution in [0.25, 0.3) is 27.9 Å². The Hall–Kier alpha value is -2.68. The molecule has 0 aliphatic rings. The fourth-order valence-electron chi connectivity index (χ4n) is 3.88. The van der Waals surface area contributed by atoms with Crippen molar-refractivity contribution in [1.29, 1.82) is 0 Å². The highest BCUT2D eigenvalue weighted by molar-refractivity contribution is 5.88. The second-order valence-electron chi connectivity index (χ2n) is 7.21. The van der Waals surface area contributed by atoms with Gasteiger partial charge in [-0.2, -0.15) is 0 Å². The van der Waals surface area contributed by atoms with E-state index in [1.54, 1.807) is 0 Å². The maximum Gasteiger partial charge on any atom is 0.212 e. The standard InChI is InChI=1S/C22H24N3/c1-14(2)18-12-20(24(5)13-15(18)3)17-9-10-19-22(16(17)4)25-11-7-6-8-21(25)23-19/h6-14H,1-5H3/q+1. The summed E-state index contributed by atoms with van der Waals surface area (Å²) in [5.41, 5.74) is 9.77. The third-order valence-corrected chi connectivity index (χ3v) is 5.14. The largest absolute Gasteiger partial charge is 0.299 e. The summed E-state index contributed by atoms with van der Waals surface area (Å²) in [6.45, 7) is 8.91. The Morgan fingerprint density at radius 2 is 1.88 bits per heavy atom. The number of rotatable bonds is 2. The van der Waals surface area contributed by atoms with E-state index in [4.69, 9.17) is 4.98 Å². The lowest BCUT2D eigenvalue weighted by Gasteiger charge is -2.12. The topological polar surface area (TPSA) is 21.2 Å². The first-order valence-corrected chi connectivity index (χ1v) is 8.84. The minimum atomic E-state index is 0.514. The van der Waals surface area contributed by atoms with E-state index < -0.39 is 0 Å². The molecule has 3 nitrogen and oxygen atoms in total. The summed E-state index contributed by atoms with van der Waals surface area (Å²) < 4.78 is 4.42. The quantitative estimate of drug-likeness (QED) is 0.487. The number of hydrogen-bond donors (Lipinski definition) is 0. The van der Waals surface area contributed by atoms with Gasteiger partial charge in [0.2, 0.25) is 5.69 Å². The third kappa shape index (κ3) is 2.42. The number of hydrogen-bond acceptors (Lipinski definition) is 1. The van der Waals surface area contributed by atoms with Gasteiger partial charge in [0.05, 0.1) is 16.6 Å². The smallest absolute Gasteiger partial charge is 0.212 e. The Kier molecular flexibility index (Phi) is 3.60. The lowest BCUT2D eigenvalue weighted by atomic mass is 9.95. The minimum absolute atomic E-state index is 0.514. The summed E-state index contributed by atoms with van der Waals surface area (Å²) >= 11 is 0. The molecule has 0 amide bonds. The molecule has 0 saturated carbocycles. The Morgan fingerprint density at radius 1 is 1.08 bits per heavy atom. The molecule has 1 aromatic carbocycles. The molecule has 3 aromatic heterocycles. The summed E-state index contributed by atoms with van der Waals surface area (Å²) in [5.74, 6) is 0.514.